The van der Waals surface area contributed by atoms with Crippen LogP contribution >= 0.6 is 0 Å². The van der Waals surface area contributed by atoms with Gasteiger partial charge in [-0.3, -0.25) is 4.79 Å². The number of amides is 1. The molecule has 4 nitrogen and oxygen atoms in total. The van der Waals surface area contributed by atoms with E-state index in [9.17, 15) is 14.3 Å². The second-order valence-corrected chi connectivity index (χ2v) is 6.43. The highest BCUT2D eigenvalue weighted by atomic mass is 19.1. The Balaban J connectivity index is 1.75. The number of aliphatic hydroxyl groups excluding tert-OH is 1. The standard InChI is InChI=1S/C20H22FNO3/c1-25-13-15-4-2-3-14(9-15)10-20(24)22-12-18(23)11-19(22)16-5-7-17(21)8-6-16/h2-9,18-19,23H,10-13H2,1H3/t18-,19-/m1/s1. The fraction of sp³-hybridized carbons (Fsp3) is 0.350. The number of ether oxygens (including phenoxy) is 1. The molecule has 1 saturated heterocycles. The molecule has 5 heteroatoms. The summed E-state index contributed by atoms with van der Waals surface area (Å²) >= 11 is 0. The maximum atomic E-state index is 13.2. The number of carbonyl (C=O) groups excluding carboxylic acids is 1. The highest BCUT2D eigenvalue weighted by Crippen LogP contribution is 2.32. The van der Waals surface area contributed by atoms with Crippen LogP contribution in [0.3, 0.4) is 0 Å². The maximum absolute atomic E-state index is 13.2. The van der Waals surface area contributed by atoms with Crippen molar-refractivity contribution in [2.75, 3.05) is 13.7 Å². The zero-order chi connectivity index (χ0) is 17.8. The monoisotopic (exact) mass is 343 g/mol. The molecular weight excluding hydrogens is 321 g/mol. The quantitative estimate of drug-likeness (QED) is 0.908. The lowest BCUT2D eigenvalue weighted by molar-refractivity contribution is -0.131. The number of rotatable bonds is 5. The lowest BCUT2D eigenvalue weighted by Gasteiger charge is -2.25. The maximum Gasteiger partial charge on any atom is 0.227 e. The summed E-state index contributed by atoms with van der Waals surface area (Å²) in [5, 5.41) is 10.0. The Morgan fingerprint density at radius 3 is 2.68 bits per heavy atom. The summed E-state index contributed by atoms with van der Waals surface area (Å²) in [4.78, 5) is 14.5. The smallest absolute Gasteiger partial charge is 0.227 e. The van der Waals surface area contributed by atoms with Gasteiger partial charge in [0.1, 0.15) is 5.82 Å². The van der Waals surface area contributed by atoms with Gasteiger partial charge in [-0.15, -0.1) is 0 Å². The Hall–Kier alpha value is -2.24. The normalized spacial score (nSPS) is 20.0. The summed E-state index contributed by atoms with van der Waals surface area (Å²) in [6, 6.07) is 13.6. The predicted molar refractivity (Wildman–Crippen MR) is 92.3 cm³/mol. The molecule has 0 aromatic heterocycles. The zero-order valence-corrected chi connectivity index (χ0v) is 14.2. The van der Waals surface area contributed by atoms with Gasteiger partial charge in [0.2, 0.25) is 5.91 Å². The van der Waals surface area contributed by atoms with Gasteiger partial charge in [0.25, 0.3) is 0 Å². The zero-order valence-electron chi connectivity index (χ0n) is 14.2. The number of methoxy groups -OCH3 is 1. The molecule has 0 unspecified atom stereocenters. The summed E-state index contributed by atoms with van der Waals surface area (Å²) in [5.74, 6) is -0.351. The fourth-order valence-corrected chi connectivity index (χ4v) is 3.36. The van der Waals surface area contributed by atoms with E-state index in [0.29, 0.717) is 19.6 Å². The minimum Gasteiger partial charge on any atom is -0.391 e. The summed E-state index contributed by atoms with van der Waals surface area (Å²) in [6.07, 6.45) is 0.183. The van der Waals surface area contributed by atoms with Gasteiger partial charge in [0.15, 0.2) is 0 Å². The lowest BCUT2D eigenvalue weighted by atomic mass is 10.0. The highest BCUT2D eigenvalue weighted by molar-refractivity contribution is 5.79. The van der Waals surface area contributed by atoms with Gasteiger partial charge >= 0.3 is 0 Å². The van der Waals surface area contributed by atoms with Gasteiger partial charge in [-0.2, -0.15) is 0 Å². The number of nitrogens with zero attached hydrogens (tertiary/aromatic N) is 1. The second-order valence-electron chi connectivity index (χ2n) is 6.43. The third-order valence-electron chi connectivity index (χ3n) is 4.51. The van der Waals surface area contributed by atoms with Crippen molar-refractivity contribution in [3.63, 3.8) is 0 Å². The Morgan fingerprint density at radius 1 is 1.24 bits per heavy atom. The van der Waals surface area contributed by atoms with Crippen LogP contribution in [0.15, 0.2) is 48.5 Å². The number of likely N-dealkylation sites (tertiary alicyclic amines) is 1. The van der Waals surface area contributed by atoms with E-state index in [-0.39, 0.29) is 24.2 Å². The first-order valence-electron chi connectivity index (χ1n) is 8.36. The first-order chi connectivity index (χ1) is 12.1. The number of halogens is 1. The summed E-state index contributed by atoms with van der Waals surface area (Å²) < 4.78 is 18.3. The van der Waals surface area contributed by atoms with E-state index in [1.54, 1.807) is 24.1 Å². The number of carbonyl (C=O) groups is 1. The number of benzene rings is 2. The molecule has 0 spiro atoms. The van der Waals surface area contributed by atoms with Crippen molar-refractivity contribution in [1.29, 1.82) is 0 Å². The van der Waals surface area contributed by atoms with Crippen LogP contribution in [-0.2, 0) is 22.6 Å². The molecule has 3 rings (SSSR count). The Bertz CT molecular complexity index is 732. The number of hydrogen-bond donors (Lipinski definition) is 1. The third kappa shape index (κ3) is 4.24. The van der Waals surface area contributed by atoms with Crippen LogP contribution < -0.4 is 0 Å². The average molecular weight is 343 g/mol. The van der Waals surface area contributed by atoms with Crippen LogP contribution in [0, 0.1) is 5.82 Å². The molecule has 0 bridgehead atoms. The fourth-order valence-electron chi connectivity index (χ4n) is 3.36. The molecule has 1 N–H and O–H groups in total. The molecule has 2 aromatic rings. The molecule has 1 heterocycles. The molecule has 1 aliphatic heterocycles. The van der Waals surface area contributed by atoms with Crippen molar-refractivity contribution in [1.82, 2.24) is 4.90 Å². The van der Waals surface area contributed by atoms with E-state index in [1.807, 2.05) is 24.3 Å². The molecule has 1 aliphatic rings. The van der Waals surface area contributed by atoms with Gasteiger partial charge in [0.05, 0.1) is 25.2 Å². The largest absolute Gasteiger partial charge is 0.391 e. The number of hydrogen-bond acceptors (Lipinski definition) is 3. The number of β-amino-alcohol motifs (C(OH)–C–C–N with tert-alkyl or cyclic N) is 1. The van der Waals surface area contributed by atoms with Gasteiger partial charge in [-0.1, -0.05) is 36.4 Å². The molecule has 2 atom stereocenters. The van der Waals surface area contributed by atoms with Crippen LogP contribution in [0.1, 0.15) is 29.2 Å². The second kappa shape index (κ2) is 7.76. The highest BCUT2D eigenvalue weighted by Gasteiger charge is 2.35. The van der Waals surface area contributed by atoms with Crippen molar-refractivity contribution in [3.8, 4) is 0 Å². The predicted octanol–water partition coefficient (Wildman–Crippen LogP) is 2.85. The van der Waals surface area contributed by atoms with Crippen LogP contribution in [0.4, 0.5) is 4.39 Å². The van der Waals surface area contributed by atoms with Gasteiger partial charge in [0, 0.05) is 13.7 Å². The van der Waals surface area contributed by atoms with Crippen molar-refractivity contribution in [2.24, 2.45) is 0 Å². The van der Waals surface area contributed by atoms with E-state index < -0.39 is 6.10 Å². The molecule has 0 aliphatic carbocycles. The average Bonchev–Trinajstić information content (AvgIpc) is 2.98. The van der Waals surface area contributed by atoms with Crippen molar-refractivity contribution in [3.05, 3.63) is 71.0 Å². The van der Waals surface area contributed by atoms with Gasteiger partial charge in [-0.25, -0.2) is 4.39 Å². The molecule has 132 valence electrons. The SMILES string of the molecule is COCc1cccc(CC(=O)N2C[C@H](O)C[C@@H]2c2ccc(F)cc2)c1. The molecule has 0 saturated carbocycles. The molecule has 1 fully saturated rings. The van der Waals surface area contributed by atoms with Crippen molar-refractivity contribution >= 4 is 5.91 Å². The first-order valence-corrected chi connectivity index (χ1v) is 8.36. The van der Waals surface area contributed by atoms with E-state index >= 15 is 0 Å². The van der Waals surface area contributed by atoms with Crippen LogP contribution in [0.25, 0.3) is 0 Å². The Morgan fingerprint density at radius 2 is 1.96 bits per heavy atom. The van der Waals surface area contributed by atoms with E-state index in [4.69, 9.17) is 4.74 Å². The molecular formula is C20H22FNO3. The summed E-state index contributed by atoms with van der Waals surface area (Å²) in [5.41, 5.74) is 2.78. The van der Waals surface area contributed by atoms with E-state index in [0.717, 1.165) is 16.7 Å². The van der Waals surface area contributed by atoms with Crippen LogP contribution in [0.2, 0.25) is 0 Å². The molecule has 0 radical (unpaired) electrons. The molecule has 1 amide bonds. The van der Waals surface area contributed by atoms with E-state index in [2.05, 4.69) is 0 Å². The third-order valence-corrected chi connectivity index (χ3v) is 4.51. The van der Waals surface area contributed by atoms with Crippen LogP contribution in [-0.4, -0.2) is 35.7 Å². The Labute approximate surface area is 146 Å². The minimum atomic E-state index is -0.557. The van der Waals surface area contributed by atoms with Crippen LogP contribution in [0.5, 0.6) is 0 Å². The van der Waals surface area contributed by atoms with E-state index in [1.165, 1.54) is 12.1 Å². The Kier molecular flexibility index (Phi) is 5.46. The lowest BCUT2D eigenvalue weighted by Crippen LogP contribution is -2.33. The molecule has 25 heavy (non-hydrogen) atoms. The summed E-state index contributed by atoms with van der Waals surface area (Å²) in [6.45, 7) is 0.807. The molecule has 2 aromatic carbocycles. The number of aliphatic hydroxyl groups is 1. The topological polar surface area (TPSA) is 49.8 Å². The minimum absolute atomic E-state index is 0.0413. The summed E-state index contributed by atoms with van der Waals surface area (Å²) in [7, 11) is 1.64. The van der Waals surface area contributed by atoms with Gasteiger partial charge < -0.3 is 14.7 Å². The van der Waals surface area contributed by atoms with Crippen molar-refractivity contribution in [2.45, 2.75) is 31.6 Å². The van der Waals surface area contributed by atoms with Crippen molar-refractivity contribution < 1.29 is 19.0 Å². The first kappa shape index (κ1) is 17.6. The van der Waals surface area contributed by atoms with Gasteiger partial charge in [-0.05, 0) is 35.2 Å².